The molecule has 2 N–H and O–H groups in total. The first-order chi connectivity index (χ1) is 9.94. The van der Waals surface area contributed by atoms with E-state index in [0.717, 1.165) is 5.56 Å². The number of benzene rings is 1. The highest BCUT2D eigenvalue weighted by Gasteiger charge is 2.21. The number of hydrogen-bond acceptors (Lipinski definition) is 5. The van der Waals surface area contributed by atoms with E-state index in [2.05, 4.69) is 5.32 Å². The van der Waals surface area contributed by atoms with Gasteiger partial charge >= 0.3 is 5.97 Å². The molecule has 1 unspecified atom stereocenters. The summed E-state index contributed by atoms with van der Waals surface area (Å²) in [5.41, 5.74) is 0.858. The van der Waals surface area contributed by atoms with E-state index in [-0.39, 0.29) is 5.92 Å². The molecule has 0 radical (unpaired) electrons. The molecule has 0 aliphatic rings. The average Bonchev–Trinajstić information content (AvgIpc) is 2.45. The van der Waals surface area contributed by atoms with Crippen molar-refractivity contribution in [1.82, 2.24) is 5.32 Å². The van der Waals surface area contributed by atoms with E-state index < -0.39 is 12.0 Å². The summed E-state index contributed by atoms with van der Waals surface area (Å²) in [4.78, 5) is 11.2. The molecular formula is C15H23NO5. The van der Waals surface area contributed by atoms with Crippen LogP contribution < -0.4 is 19.5 Å². The number of ether oxygens (including phenoxy) is 3. The molecule has 6 heteroatoms. The Morgan fingerprint density at radius 2 is 1.67 bits per heavy atom. The monoisotopic (exact) mass is 297 g/mol. The fourth-order valence-corrected chi connectivity index (χ4v) is 2.07. The number of rotatable bonds is 8. The van der Waals surface area contributed by atoms with Crippen LogP contribution in [0.5, 0.6) is 17.2 Å². The van der Waals surface area contributed by atoms with Crippen molar-refractivity contribution in [3.63, 3.8) is 0 Å². The van der Waals surface area contributed by atoms with Gasteiger partial charge in [0.2, 0.25) is 5.75 Å². The third-order valence-corrected chi connectivity index (χ3v) is 3.18. The van der Waals surface area contributed by atoms with E-state index in [0.29, 0.717) is 23.8 Å². The summed E-state index contributed by atoms with van der Waals surface area (Å²) in [5.74, 6) is 0.736. The number of nitrogens with one attached hydrogen (secondary N) is 1. The van der Waals surface area contributed by atoms with Gasteiger partial charge in [0.1, 0.15) is 6.04 Å². The van der Waals surface area contributed by atoms with Gasteiger partial charge in [-0.1, -0.05) is 13.8 Å². The van der Waals surface area contributed by atoms with Crippen molar-refractivity contribution in [3.8, 4) is 17.2 Å². The predicted molar refractivity (Wildman–Crippen MR) is 79.2 cm³/mol. The molecule has 1 rings (SSSR count). The van der Waals surface area contributed by atoms with Crippen molar-refractivity contribution in [3.05, 3.63) is 17.7 Å². The van der Waals surface area contributed by atoms with Gasteiger partial charge in [0, 0.05) is 6.54 Å². The van der Waals surface area contributed by atoms with Crippen molar-refractivity contribution in [2.75, 3.05) is 21.3 Å². The first kappa shape index (κ1) is 17.1. The Balaban J connectivity index is 2.96. The van der Waals surface area contributed by atoms with E-state index in [1.165, 1.54) is 7.11 Å². The molecule has 0 saturated heterocycles. The van der Waals surface area contributed by atoms with E-state index in [1.54, 1.807) is 26.4 Å². The molecule has 0 fully saturated rings. The van der Waals surface area contributed by atoms with Crippen molar-refractivity contribution in [2.45, 2.75) is 26.4 Å². The molecule has 1 aromatic carbocycles. The Bertz CT molecular complexity index is 462. The normalized spacial score (nSPS) is 12.1. The van der Waals surface area contributed by atoms with Crippen molar-refractivity contribution < 1.29 is 24.1 Å². The smallest absolute Gasteiger partial charge is 0.320 e. The Labute approximate surface area is 125 Å². The number of hydrogen-bond donors (Lipinski definition) is 2. The lowest BCUT2D eigenvalue weighted by atomic mass is 10.0. The Hall–Kier alpha value is -1.95. The van der Waals surface area contributed by atoms with Crippen molar-refractivity contribution >= 4 is 5.97 Å². The summed E-state index contributed by atoms with van der Waals surface area (Å²) in [5, 5.41) is 12.2. The van der Waals surface area contributed by atoms with Crippen LogP contribution in [0.3, 0.4) is 0 Å². The highest BCUT2D eigenvalue weighted by molar-refractivity contribution is 5.73. The maximum Gasteiger partial charge on any atom is 0.320 e. The molecule has 21 heavy (non-hydrogen) atoms. The standard InChI is InChI=1S/C15H23NO5/c1-9(2)13(15(17)18)16-8-10-6-11(19-3)14(21-5)12(7-10)20-4/h6-7,9,13,16H,8H2,1-5H3,(H,17,18). The number of carbonyl (C=O) groups is 1. The average molecular weight is 297 g/mol. The molecule has 6 nitrogen and oxygen atoms in total. The van der Waals surface area contributed by atoms with E-state index >= 15 is 0 Å². The van der Waals surface area contributed by atoms with Crippen molar-refractivity contribution in [1.29, 1.82) is 0 Å². The third-order valence-electron chi connectivity index (χ3n) is 3.18. The second kappa shape index (κ2) is 7.73. The molecule has 0 amide bonds. The lowest BCUT2D eigenvalue weighted by Crippen LogP contribution is -2.40. The summed E-state index contributed by atoms with van der Waals surface area (Å²) >= 11 is 0. The Morgan fingerprint density at radius 1 is 1.14 bits per heavy atom. The molecule has 0 saturated carbocycles. The maximum absolute atomic E-state index is 11.2. The van der Waals surface area contributed by atoms with Crippen LogP contribution in [-0.4, -0.2) is 38.4 Å². The summed E-state index contributed by atoms with van der Waals surface area (Å²) in [6, 6.07) is 2.99. The summed E-state index contributed by atoms with van der Waals surface area (Å²) in [7, 11) is 4.63. The molecule has 0 aromatic heterocycles. The number of carboxylic acid groups (broad SMARTS) is 1. The van der Waals surface area contributed by atoms with E-state index in [9.17, 15) is 9.90 Å². The predicted octanol–water partition coefficient (Wildman–Crippen LogP) is 1.91. The van der Waals surface area contributed by atoms with E-state index in [1.807, 2.05) is 13.8 Å². The lowest BCUT2D eigenvalue weighted by molar-refractivity contribution is -0.140. The molecule has 0 aliphatic heterocycles. The molecular weight excluding hydrogens is 274 g/mol. The summed E-state index contributed by atoms with van der Waals surface area (Å²) < 4.78 is 15.8. The van der Waals surface area contributed by atoms with Crippen LogP contribution >= 0.6 is 0 Å². The van der Waals surface area contributed by atoms with Gasteiger partial charge in [-0.25, -0.2) is 0 Å². The molecule has 0 bridgehead atoms. The van der Waals surface area contributed by atoms with Gasteiger partial charge in [-0.2, -0.15) is 0 Å². The number of methoxy groups -OCH3 is 3. The zero-order chi connectivity index (χ0) is 16.0. The van der Waals surface area contributed by atoms with Crippen LogP contribution in [-0.2, 0) is 11.3 Å². The topological polar surface area (TPSA) is 77.0 Å². The van der Waals surface area contributed by atoms with Crippen LogP contribution in [0.15, 0.2) is 12.1 Å². The Kier molecular flexibility index (Phi) is 6.30. The van der Waals surface area contributed by atoms with Gasteiger partial charge in [-0.05, 0) is 23.6 Å². The summed E-state index contributed by atoms with van der Waals surface area (Å²) in [6.07, 6.45) is 0. The van der Waals surface area contributed by atoms with Gasteiger partial charge in [-0.3, -0.25) is 4.79 Å². The maximum atomic E-state index is 11.2. The molecule has 1 aromatic rings. The van der Waals surface area contributed by atoms with Gasteiger partial charge in [0.25, 0.3) is 0 Å². The Morgan fingerprint density at radius 3 is 2.00 bits per heavy atom. The van der Waals surface area contributed by atoms with Gasteiger partial charge < -0.3 is 24.6 Å². The zero-order valence-corrected chi connectivity index (χ0v) is 13.1. The second-order valence-electron chi connectivity index (χ2n) is 4.97. The fraction of sp³-hybridized carbons (Fsp3) is 0.533. The second-order valence-corrected chi connectivity index (χ2v) is 4.97. The highest BCUT2D eigenvalue weighted by atomic mass is 16.5. The lowest BCUT2D eigenvalue weighted by Gasteiger charge is -2.19. The number of aliphatic carboxylic acids is 1. The van der Waals surface area contributed by atoms with Crippen molar-refractivity contribution in [2.24, 2.45) is 5.92 Å². The summed E-state index contributed by atoms with van der Waals surface area (Å²) in [6.45, 7) is 4.12. The first-order valence-electron chi connectivity index (χ1n) is 6.69. The molecule has 0 spiro atoms. The SMILES string of the molecule is COc1cc(CNC(C(=O)O)C(C)C)cc(OC)c1OC. The largest absolute Gasteiger partial charge is 0.493 e. The van der Waals surface area contributed by atoms with Gasteiger partial charge in [-0.15, -0.1) is 0 Å². The fourth-order valence-electron chi connectivity index (χ4n) is 2.07. The van der Waals surface area contributed by atoms with Gasteiger partial charge in [0.15, 0.2) is 11.5 Å². The van der Waals surface area contributed by atoms with Crippen LogP contribution in [0.1, 0.15) is 19.4 Å². The van der Waals surface area contributed by atoms with Gasteiger partial charge in [0.05, 0.1) is 21.3 Å². The van der Waals surface area contributed by atoms with Crippen LogP contribution in [0.25, 0.3) is 0 Å². The molecule has 0 heterocycles. The quantitative estimate of drug-likeness (QED) is 0.763. The minimum Gasteiger partial charge on any atom is -0.493 e. The minimum atomic E-state index is -0.863. The molecule has 118 valence electrons. The van der Waals surface area contributed by atoms with Crippen LogP contribution in [0, 0.1) is 5.92 Å². The van der Waals surface area contributed by atoms with Crippen LogP contribution in [0.4, 0.5) is 0 Å². The zero-order valence-electron chi connectivity index (χ0n) is 13.1. The minimum absolute atomic E-state index is 0.00969. The molecule has 1 atom stereocenters. The highest BCUT2D eigenvalue weighted by Crippen LogP contribution is 2.38. The van der Waals surface area contributed by atoms with E-state index in [4.69, 9.17) is 14.2 Å². The number of carboxylic acids is 1. The third kappa shape index (κ3) is 4.26. The molecule has 0 aliphatic carbocycles. The first-order valence-corrected chi connectivity index (χ1v) is 6.69. The van der Waals surface area contributed by atoms with Crippen LogP contribution in [0.2, 0.25) is 0 Å².